The van der Waals surface area contributed by atoms with Gasteiger partial charge in [0.25, 0.3) is 0 Å². The molecule has 0 spiro atoms. The molecule has 234 valence electrons. The lowest BCUT2D eigenvalue weighted by molar-refractivity contribution is -0.123. The molecule has 0 aliphatic heterocycles. The van der Waals surface area contributed by atoms with Gasteiger partial charge in [-0.2, -0.15) is 0 Å². The molecule has 0 rings (SSSR count). The maximum atomic E-state index is 12.2. The minimum atomic E-state index is -0.857. The van der Waals surface area contributed by atoms with Crippen LogP contribution in [0.3, 0.4) is 0 Å². The van der Waals surface area contributed by atoms with Crippen molar-refractivity contribution in [3.8, 4) is 0 Å². The molecular formula is C36H67NO3. The maximum Gasteiger partial charge on any atom is 0.220 e. The fourth-order valence-electron chi connectivity index (χ4n) is 4.90. The predicted octanol–water partition coefficient (Wildman–Crippen LogP) is 9.90. The average molecular weight is 562 g/mol. The molecule has 2 atom stereocenters. The Bertz CT molecular complexity index is 613. The Morgan fingerprint density at radius 2 is 1.02 bits per heavy atom. The molecule has 0 aliphatic carbocycles. The highest BCUT2D eigenvalue weighted by molar-refractivity contribution is 5.76. The zero-order chi connectivity index (χ0) is 29.4. The Labute approximate surface area is 249 Å². The van der Waals surface area contributed by atoms with Crippen molar-refractivity contribution in [2.75, 3.05) is 6.61 Å². The lowest BCUT2D eigenvalue weighted by Crippen LogP contribution is -2.45. The van der Waals surface area contributed by atoms with E-state index in [4.69, 9.17) is 0 Å². The summed E-state index contributed by atoms with van der Waals surface area (Å²) in [5.41, 5.74) is 0. The van der Waals surface area contributed by atoms with Crippen LogP contribution < -0.4 is 5.32 Å². The van der Waals surface area contributed by atoms with E-state index in [-0.39, 0.29) is 12.5 Å². The lowest BCUT2D eigenvalue weighted by atomic mass is 10.0. The number of allylic oxidation sites excluding steroid dienone is 5. The second kappa shape index (κ2) is 32.1. The predicted molar refractivity (Wildman–Crippen MR) is 175 cm³/mol. The van der Waals surface area contributed by atoms with Gasteiger partial charge in [0.05, 0.1) is 18.8 Å². The molecule has 0 radical (unpaired) electrons. The van der Waals surface area contributed by atoms with Gasteiger partial charge in [0, 0.05) is 6.42 Å². The van der Waals surface area contributed by atoms with Crippen LogP contribution in [0.4, 0.5) is 0 Å². The van der Waals surface area contributed by atoms with Gasteiger partial charge in [0.15, 0.2) is 0 Å². The Morgan fingerprint density at radius 1 is 0.575 bits per heavy atom. The first kappa shape index (κ1) is 38.6. The Kier molecular flexibility index (Phi) is 31.0. The highest BCUT2D eigenvalue weighted by Crippen LogP contribution is 2.13. The largest absolute Gasteiger partial charge is 0.394 e. The maximum absolute atomic E-state index is 12.2. The van der Waals surface area contributed by atoms with Crippen LogP contribution in [-0.2, 0) is 4.79 Å². The van der Waals surface area contributed by atoms with Crippen molar-refractivity contribution in [2.45, 2.75) is 180 Å². The SMILES string of the molecule is CCC/C=C/CC/C=C/C(O)C(CO)NC(=O)CCCCCCCCCCC/C=C\CCCCCCCCCC. The summed E-state index contributed by atoms with van der Waals surface area (Å²) in [5.74, 6) is -0.0825. The average Bonchev–Trinajstić information content (AvgIpc) is 2.96. The topological polar surface area (TPSA) is 69.6 Å². The zero-order valence-electron chi connectivity index (χ0n) is 26.6. The van der Waals surface area contributed by atoms with E-state index in [0.29, 0.717) is 6.42 Å². The molecule has 0 fully saturated rings. The van der Waals surface area contributed by atoms with Crippen molar-refractivity contribution in [1.82, 2.24) is 5.32 Å². The summed E-state index contributed by atoms with van der Waals surface area (Å²) < 4.78 is 0. The fourth-order valence-corrected chi connectivity index (χ4v) is 4.90. The van der Waals surface area contributed by atoms with E-state index in [0.717, 1.165) is 38.5 Å². The number of hydrogen-bond acceptors (Lipinski definition) is 3. The van der Waals surface area contributed by atoms with Gasteiger partial charge in [-0.15, -0.1) is 0 Å². The van der Waals surface area contributed by atoms with E-state index in [1.54, 1.807) is 6.08 Å². The van der Waals surface area contributed by atoms with Crippen LogP contribution in [0.2, 0.25) is 0 Å². The molecule has 0 bridgehead atoms. The number of carbonyl (C=O) groups excluding carboxylic acids is 1. The van der Waals surface area contributed by atoms with E-state index in [1.165, 1.54) is 109 Å². The number of hydrogen-bond donors (Lipinski definition) is 3. The van der Waals surface area contributed by atoms with Gasteiger partial charge in [0.2, 0.25) is 5.91 Å². The zero-order valence-corrected chi connectivity index (χ0v) is 26.6. The monoisotopic (exact) mass is 562 g/mol. The summed E-state index contributed by atoms with van der Waals surface area (Å²) in [4.78, 5) is 12.2. The first-order valence-corrected chi connectivity index (χ1v) is 17.2. The number of amides is 1. The Morgan fingerprint density at radius 3 is 1.55 bits per heavy atom. The van der Waals surface area contributed by atoms with E-state index < -0.39 is 12.1 Å². The molecule has 1 amide bonds. The fraction of sp³-hybridized carbons (Fsp3) is 0.806. The Balaban J connectivity index is 3.54. The second-order valence-electron chi connectivity index (χ2n) is 11.6. The molecule has 0 saturated heterocycles. The van der Waals surface area contributed by atoms with Crippen molar-refractivity contribution < 1.29 is 15.0 Å². The third-order valence-electron chi connectivity index (χ3n) is 7.58. The summed E-state index contributed by atoms with van der Waals surface area (Å²) in [6.07, 6.45) is 41.0. The van der Waals surface area contributed by atoms with E-state index in [9.17, 15) is 15.0 Å². The van der Waals surface area contributed by atoms with Crippen LogP contribution >= 0.6 is 0 Å². The van der Waals surface area contributed by atoms with Crippen molar-refractivity contribution in [1.29, 1.82) is 0 Å². The second-order valence-corrected chi connectivity index (χ2v) is 11.6. The molecule has 4 nitrogen and oxygen atoms in total. The van der Waals surface area contributed by atoms with Crippen molar-refractivity contribution in [2.24, 2.45) is 0 Å². The summed E-state index contributed by atoms with van der Waals surface area (Å²) >= 11 is 0. The molecule has 3 N–H and O–H groups in total. The smallest absolute Gasteiger partial charge is 0.220 e. The molecular weight excluding hydrogens is 494 g/mol. The van der Waals surface area contributed by atoms with E-state index in [1.807, 2.05) is 6.08 Å². The lowest BCUT2D eigenvalue weighted by Gasteiger charge is -2.19. The number of carbonyl (C=O) groups is 1. The summed E-state index contributed by atoms with van der Waals surface area (Å²) in [6.45, 7) is 4.18. The Hall–Kier alpha value is -1.39. The van der Waals surface area contributed by atoms with E-state index in [2.05, 4.69) is 43.5 Å². The molecule has 0 saturated carbocycles. The van der Waals surface area contributed by atoms with Crippen LogP contribution in [0, 0.1) is 0 Å². The van der Waals surface area contributed by atoms with Crippen LogP contribution in [-0.4, -0.2) is 34.9 Å². The quantitative estimate of drug-likeness (QED) is 0.0603. The van der Waals surface area contributed by atoms with Gasteiger partial charge in [0.1, 0.15) is 0 Å². The van der Waals surface area contributed by atoms with Crippen molar-refractivity contribution in [3.63, 3.8) is 0 Å². The van der Waals surface area contributed by atoms with Crippen molar-refractivity contribution in [3.05, 3.63) is 36.5 Å². The van der Waals surface area contributed by atoms with Crippen LogP contribution in [0.25, 0.3) is 0 Å². The molecule has 40 heavy (non-hydrogen) atoms. The van der Waals surface area contributed by atoms with Gasteiger partial charge in [-0.05, 0) is 51.4 Å². The molecule has 4 heteroatoms. The van der Waals surface area contributed by atoms with Gasteiger partial charge in [-0.25, -0.2) is 0 Å². The normalized spacial score (nSPS) is 13.6. The minimum Gasteiger partial charge on any atom is -0.394 e. The van der Waals surface area contributed by atoms with Crippen LogP contribution in [0.15, 0.2) is 36.5 Å². The van der Waals surface area contributed by atoms with Crippen molar-refractivity contribution >= 4 is 5.91 Å². The summed E-state index contributed by atoms with van der Waals surface area (Å²) in [6, 6.07) is -0.634. The van der Waals surface area contributed by atoms with Gasteiger partial charge >= 0.3 is 0 Å². The summed E-state index contributed by atoms with van der Waals surface area (Å²) in [7, 11) is 0. The third kappa shape index (κ3) is 28.1. The van der Waals surface area contributed by atoms with Crippen LogP contribution in [0.1, 0.15) is 168 Å². The first-order chi connectivity index (χ1) is 19.7. The van der Waals surface area contributed by atoms with Gasteiger partial charge < -0.3 is 15.5 Å². The molecule has 0 aromatic rings. The molecule has 0 aromatic heterocycles. The molecule has 0 heterocycles. The standard InChI is InChI=1S/C36H67NO3/c1-3-5-7-9-11-12-13-14-15-16-17-18-19-20-21-22-23-24-26-28-30-32-36(40)37-34(33-38)35(39)31-29-27-25-10-8-6-4-2/h8,10,16-17,29,31,34-35,38-39H,3-7,9,11-15,18-28,30,32-33H2,1-2H3,(H,37,40)/b10-8+,17-16-,31-29+. The third-order valence-corrected chi connectivity index (χ3v) is 7.58. The number of rotatable bonds is 30. The van der Waals surface area contributed by atoms with Gasteiger partial charge in [-0.3, -0.25) is 4.79 Å². The number of unbranched alkanes of at least 4 members (excludes halogenated alkanes) is 19. The number of aliphatic hydroxyl groups is 2. The highest BCUT2D eigenvalue weighted by Gasteiger charge is 2.17. The first-order valence-electron chi connectivity index (χ1n) is 17.2. The minimum absolute atomic E-state index is 0.0825. The van der Waals surface area contributed by atoms with Crippen LogP contribution in [0.5, 0.6) is 0 Å². The molecule has 0 aromatic carbocycles. The number of nitrogens with one attached hydrogen (secondary N) is 1. The molecule has 2 unspecified atom stereocenters. The van der Waals surface area contributed by atoms with Gasteiger partial charge in [-0.1, -0.05) is 147 Å². The number of aliphatic hydroxyl groups excluding tert-OH is 2. The summed E-state index contributed by atoms with van der Waals surface area (Å²) in [5, 5.41) is 22.6. The van der Waals surface area contributed by atoms with E-state index >= 15 is 0 Å². The highest BCUT2D eigenvalue weighted by atomic mass is 16.3. The molecule has 0 aliphatic rings.